The SMILES string of the molecule is O=[N+]([O-])c1ccc(COc2c(Cl)cc(-c3nn[nH]n3)cc2Cl)cc1. The van der Waals surface area contributed by atoms with E-state index in [2.05, 4.69) is 20.6 Å². The Morgan fingerprint density at radius 1 is 1.17 bits per heavy atom. The van der Waals surface area contributed by atoms with Gasteiger partial charge in [0.2, 0.25) is 5.82 Å². The van der Waals surface area contributed by atoms with Crippen molar-refractivity contribution < 1.29 is 9.66 Å². The summed E-state index contributed by atoms with van der Waals surface area (Å²) < 4.78 is 5.63. The van der Waals surface area contributed by atoms with Crippen LogP contribution in [-0.2, 0) is 6.61 Å². The van der Waals surface area contributed by atoms with Gasteiger partial charge in [-0.3, -0.25) is 10.1 Å². The molecule has 3 rings (SSSR count). The number of nitro groups is 1. The molecule has 24 heavy (non-hydrogen) atoms. The minimum atomic E-state index is -0.463. The molecule has 0 spiro atoms. The molecular formula is C14H9Cl2N5O3. The number of benzene rings is 2. The Morgan fingerprint density at radius 2 is 1.83 bits per heavy atom. The van der Waals surface area contributed by atoms with Gasteiger partial charge in [0.25, 0.3) is 5.69 Å². The number of rotatable bonds is 5. The van der Waals surface area contributed by atoms with Crippen molar-refractivity contribution in [2.24, 2.45) is 0 Å². The third kappa shape index (κ3) is 3.44. The van der Waals surface area contributed by atoms with Crippen molar-refractivity contribution in [1.29, 1.82) is 0 Å². The summed E-state index contributed by atoms with van der Waals surface area (Å²) in [5.41, 5.74) is 1.36. The minimum absolute atomic E-state index is 0.0132. The fraction of sp³-hybridized carbons (Fsp3) is 0.0714. The van der Waals surface area contributed by atoms with Gasteiger partial charge in [-0.25, -0.2) is 0 Å². The largest absolute Gasteiger partial charge is 0.486 e. The van der Waals surface area contributed by atoms with E-state index in [-0.39, 0.29) is 12.3 Å². The number of nitro benzene ring substituents is 1. The minimum Gasteiger partial charge on any atom is -0.486 e. The molecule has 0 unspecified atom stereocenters. The summed E-state index contributed by atoms with van der Waals surface area (Å²) in [6.45, 7) is 0.166. The van der Waals surface area contributed by atoms with Crippen LogP contribution < -0.4 is 4.74 Å². The van der Waals surface area contributed by atoms with E-state index < -0.39 is 4.92 Å². The summed E-state index contributed by atoms with van der Waals surface area (Å²) in [6, 6.07) is 9.25. The van der Waals surface area contributed by atoms with Crippen LogP contribution in [0.15, 0.2) is 36.4 Å². The lowest BCUT2D eigenvalue weighted by Crippen LogP contribution is -1.98. The smallest absolute Gasteiger partial charge is 0.269 e. The first-order valence-electron chi connectivity index (χ1n) is 6.63. The molecule has 0 saturated heterocycles. The number of nitrogens with one attached hydrogen (secondary N) is 1. The number of nitrogens with zero attached hydrogens (tertiary/aromatic N) is 4. The molecule has 0 aliphatic rings. The van der Waals surface area contributed by atoms with Gasteiger partial charge in [-0.2, -0.15) is 5.21 Å². The van der Waals surface area contributed by atoms with Crippen LogP contribution in [-0.4, -0.2) is 25.5 Å². The molecule has 0 saturated carbocycles. The van der Waals surface area contributed by atoms with Crippen molar-refractivity contribution in [3.05, 3.63) is 62.1 Å². The lowest BCUT2D eigenvalue weighted by Gasteiger charge is -2.11. The molecule has 3 aromatic rings. The third-order valence-corrected chi connectivity index (χ3v) is 3.69. The Bertz CT molecular complexity index is 846. The van der Waals surface area contributed by atoms with Crippen LogP contribution in [0.3, 0.4) is 0 Å². The first kappa shape index (κ1) is 16.2. The van der Waals surface area contributed by atoms with Gasteiger partial charge in [0, 0.05) is 17.7 Å². The van der Waals surface area contributed by atoms with Crippen molar-refractivity contribution in [3.8, 4) is 17.1 Å². The summed E-state index contributed by atoms with van der Waals surface area (Å²) in [7, 11) is 0. The van der Waals surface area contributed by atoms with E-state index in [9.17, 15) is 10.1 Å². The number of hydrogen-bond acceptors (Lipinski definition) is 6. The Labute approximate surface area is 145 Å². The number of halogens is 2. The zero-order chi connectivity index (χ0) is 17.1. The van der Waals surface area contributed by atoms with Crippen molar-refractivity contribution in [1.82, 2.24) is 20.6 Å². The molecule has 0 atom stereocenters. The van der Waals surface area contributed by atoms with E-state index in [0.29, 0.717) is 27.2 Å². The summed E-state index contributed by atoms with van der Waals surface area (Å²) in [4.78, 5) is 10.2. The van der Waals surface area contributed by atoms with Gasteiger partial charge in [0.1, 0.15) is 6.61 Å². The van der Waals surface area contributed by atoms with Gasteiger partial charge in [-0.15, -0.1) is 10.2 Å². The van der Waals surface area contributed by atoms with Crippen molar-refractivity contribution in [3.63, 3.8) is 0 Å². The molecule has 0 amide bonds. The number of non-ortho nitro benzene ring substituents is 1. The van der Waals surface area contributed by atoms with Crippen LogP contribution in [0.25, 0.3) is 11.4 Å². The van der Waals surface area contributed by atoms with Gasteiger partial charge < -0.3 is 4.74 Å². The second kappa shape index (κ2) is 6.81. The highest BCUT2D eigenvalue weighted by atomic mass is 35.5. The quantitative estimate of drug-likeness (QED) is 0.546. The molecule has 2 aromatic carbocycles. The lowest BCUT2D eigenvalue weighted by molar-refractivity contribution is -0.384. The third-order valence-electron chi connectivity index (χ3n) is 3.13. The highest BCUT2D eigenvalue weighted by molar-refractivity contribution is 6.37. The molecular weight excluding hydrogens is 357 g/mol. The predicted molar refractivity (Wildman–Crippen MR) is 87.1 cm³/mol. The summed E-state index contributed by atoms with van der Waals surface area (Å²) in [5.74, 6) is 0.671. The maximum absolute atomic E-state index is 10.6. The summed E-state index contributed by atoms with van der Waals surface area (Å²) in [5, 5.41) is 24.8. The Hall–Kier alpha value is -2.71. The molecule has 1 N–H and O–H groups in total. The zero-order valence-corrected chi connectivity index (χ0v) is 13.5. The molecule has 8 nitrogen and oxygen atoms in total. The van der Waals surface area contributed by atoms with E-state index in [1.165, 1.54) is 12.1 Å². The van der Waals surface area contributed by atoms with Crippen LogP contribution >= 0.6 is 23.2 Å². The number of H-pyrrole nitrogens is 1. The van der Waals surface area contributed by atoms with Crippen LogP contribution in [0.1, 0.15) is 5.56 Å². The average Bonchev–Trinajstić information content (AvgIpc) is 3.09. The molecule has 0 aliphatic heterocycles. The maximum atomic E-state index is 10.6. The lowest BCUT2D eigenvalue weighted by atomic mass is 10.2. The van der Waals surface area contributed by atoms with E-state index >= 15 is 0 Å². The molecule has 10 heteroatoms. The Morgan fingerprint density at radius 3 is 2.38 bits per heavy atom. The average molecular weight is 366 g/mol. The van der Waals surface area contributed by atoms with E-state index in [1.807, 2.05) is 0 Å². The van der Waals surface area contributed by atoms with Crippen LogP contribution in [0, 0.1) is 10.1 Å². The van der Waals surface area contributed by atoms with E-state index in [0.717, 1.165) is 5.56 Å². The van der Waals surface area contributed by atoms with Gasteiger partial charge >= 0.3 is 0 Å². The molecule has 122 valence electrons. The highest BCUT2D eigenvalue weighted by Crippen LogP contribution is 2.37. The van der Waals surface area contributed by atoms with Crippen molar-refractivity contribution >= 4 is 28.9 Å². The summed E-state index contributed by atoms with van der Waals surface area (Å²) >= 11 is 12.4. The number of tetrazole rings is 1. The molecule has 0 aliphatic carbocycles. The summed E-state index contributed by atoms with van der Waals surface area (Å²) in [6.07, 6.45) is 0. The van der Waals surface area contributed by atoms with Gasteiger partial charge in [0.15, 0.2) is 5.75 Å². The van der Waals surface area contributed by atoms with Gasteiger partial charge in [-0.05, 0) is 35.0 Å². The molecule has 0 fully saturated rings. The monoisotopic (exact) mass is 365 g/mol. The first-order chi connectivity index (χ1) is 11.5. The topological polar surface area (TPSA) is 107 Å². The van der Waals surface area contributed by atoms with Crippen LogP contribution in [0.5, 0.6) is 5.75 Å². The van der Waals surface area contributed by atoms with Crippen LogP contribution in [0.2, 0.25) is 10.0 Å². The Kier molecular flexibility index (Phi) is 4.59. The second-order valence-corrected chi connectivity index (χ2v) is 5.53. The maximum Gasteiger partial charge on any atom is 0.269 e. The first-order valence-corrected chi connectivity index (χ1v) is 7.39. The number of hydrogen-bond donors (Lipinski definition) is 1. The molecule has 0 radical (unpaired) electrons. The van der Waals surface area contributed by atoms with Crippen LogP contribution in [0.4, 0.5) is 5.69 Å². The van der Waals surface area contributed by atoms with Crippen molar-refractivity contribution in [2.75, 3.05) is 0 Å². The van der Waals surface area contributed by atoms with E-state index in [4.69, 9.17) is 27.9 Å². The van der Waals surface area contributed by atoms with Gasteiger partial charge in [0.05, 0.1) is 15.0 Å². The Balaban J connectivity index is 1.76. The molecule has 0 bridgehead atoms. The molecule has 1 aromatic heterocycles. The number of ether oxygens (including phenoxy) is 1. The fourth-order valence-corrected chi connectivity index (χ4v) is 2.58. The predicted octanol–water partition coefficient (Wildman–Crippen LogP) is 3.66. The second-order valence-electron chi connectivity index (χ2n) is 4.72. The normalized spacial score (nSPS) is 10.6. The molecule has 1 heterocycles. The van der Waals surface area contributed by atoms with Gasteiger partial charge in [-0.1, -0.05) is 23.2 Å². The number of aromatic nitrogens is 4. The van der Waals surface area contributed by atoms with E-state index in [1.54, 1.807) is 24.3 Å². The standard InChI is InChI=1S/C14H9Cl2N5O3/c15-11-5-9(14-17-19-20-18-14)6-12(16)13(11)24-7-8-1-3-10(4-2-8)21(22)23/h1-6H,7H2,(H,17,18,19,20). The number of aromatic amines is 1. The van der Waals surface area contributed by atoms with Crippen molar-refractivity contribution in [2.45, 2.75) is 6.61 Å². The fourth-order valence-electron chi connectivity index (χ4n) is 1.98. The zero-order valence-electron chi connectivity index (χ0n) is 11.9. The highest BCUT2D eigenvalue weighted by Gasteiger charge is 2.13.